The van der Waals surface area contributed by atoms with Gasteiger partial charge < -0.3 is 19.7 Å². The van der Waals surface area contributed by atoms with Gasteiger partial charge in [-0.15, -0.1) is 0 Å². The molecule has 0 amide bonds. The largest absolute Gasteiger partial charge is 0.508 e. The Morgan fingerprint density at radius 3 is 2.68 bits per heavy atom. The van der Waals surface area contributed by atoms with Gasteiger partial charge in [-0.25, -0.2) is 0 Å². The lowest BCUT2D eigenvalue weighted by molar-refractivity contribution is 0.207. The molecule has 0 spiro atoms. The number of hydrogen-bond acceptors (Lipinski definition) is 4. The van der Waals surface area contributed by atoms with Crippen LogP contribution in [0.15, 0.2) is 30.3 Å². The van der Waals surface area contributed by atoms with Crippen LogP contribution < -0.4 is 9.47 Å². The molecular weight excluding hydrogens is 280 g/mol. The summed E-state index contributed by atoms with van der Waals surface area (Å²) in [5.41, 5.74) is 3.70. The Labute approximate surface area is 129 Å². The number of fused-ring (bicyclic) bond motifs is 1. The quantitative estimate of drug-likeness (QED) is 0.911. The lowest BCUT2D eigenvalue weighted by Gasteiger charge is -2.17. The van der Waals surface area contributed by atoms with E-state index in [1.807, 2.05) is 19.1 Å². The molecule has 2 aromatic carbocycles. The number of aliphatic hydroxyl groups excluding tert-OH is 1. The van der Waals surface area contributed by atoms with Crippen LogP contribution in [0.25, 0.3) is 0 Å². The van der Waals surface area contributed by atoms with E-state index in [-0.39, 0.29) is 24.4 Å². The van der Waals surface area contributed by atoms with Gasteiger partial charge in [-0.1, -0.05) is 19.1 Å². The molecule has 4 heteroatoms. The van der Waals surface area contributed by atoms with Crippen LogP contribution in [-0.4, -0.2) is 17.3 Å². The van der Waals surface area contributed by atoms with Gasteiger partial charge in [-0.05, 0) is 36.2 Å². The standard InChI is InChI=1S/C18H20O4/c1-10-6-14-11(2)17(22-18(14)16(7-10)21-3)12-4-5-15(20)13(8-12)9-19/h4-8,11,17,19-20H,9H2,1-3H3/t11-,17?/m1/s1. The van der Waals surface area contributed by atoms with Gasteiger partial charge in [0, 0.05) is 17.0 Å². The smallest absolute Gasteiger partial charge is 0.165 e. The first-order valence-corrected chi connectivity index (χ1v) is 7.33. The third-order valence-corrected chi connectivity index (χ3v) is 4.24. The van der Waals surface area contributed by atoms with E-state index in [0.29, 0.717) is 5.56 Å². The van der Waals surface area contributed by atoms with Gasteiger partial charge in [-0.2, -0.15) is 0 Å². The number of methoxy groups -OCH3 is 1. The second-order valence-corrected chi connectivity index (χ2v) is 5.76. The van der Waals surface area contributed by atoms with E-state index >= 15 is 0 Å². The fourth-order valence-corrected chi connectivity index (χ4v) is 3.04. The van der Waals surface area contributed by atoms with Crippen LogP contribution in [0.3, 0.4) is 0 Å². The molecule has 22 heavy (non-hydrogen) atoms. The minimum atomic E-state index is -0.198. The summed E-state index contributed by atoms with van der Waals surface area (Å²) in [6.07, 6.45) is -0.156. The average molecular weight is 300 g/mol. The topological polar surface area (TPSA) is 58.9 Å². The molecule has 1 unspecified atom stereocenters. The van der Waals surface area contributed by atoms with Gasteiger partial charge in [0.2, 0.25) is 0 Å². The molecule has 1 heterocycles. The number of aromatic hydroxyl groups is 1. The maximum absolute atomic E-state index is 9.71. The monoisotopic (exact) mass is 300 g/mol. The van der Waals surface area contributed by atoms with Crippen molar-refractivity contribution < 1.29 is 19.7 Å². The first-order valence-electron chi connectivity index (χ1n) is 7.33. The first-order chi connectivity index (χ1) is 10.5. The predicted molar refractivity (Wildman–Crippen MR) is 83.5 cm³/mol. The van der Waals surface area contributed by atoms with E-state index < -0.39 is 0 Å². The number of benzene rings is 2. The SMILES string of the molecule is COc1cc(C)cc2c1OC(c1ccc(O)c(CO)c1)[C@@H]2C. The highest BCUT2D eigenvalue weighted by Crippen LogP contribution is 2.50. The Morgan fingerprint density at radius 2 is 2.00 bits per heavy atom. The Kier molecular flexibility index (Phi) is 3.71. The molecule has 2 aromatic rings. The molecule has 0 saturated carbocycles. The molecule has 0 aliphatic carbocycles. The second kappa shape index (κ2) is 5.54. The highest BCUT2D eigenvalue weighted by molar-refractivity contribution is 5.54. The van der Waals surface area contributed by atoms with E-state index in [4.69, 9.17) is 9.47 Å². The Balaban J connectivity index is 2.02. The van der Waals surface area contributed by atoms with Crippen molar-refractivity contribution in [2.75, 3.05) is 7.11 Å². The van der Waals surface area contributed by atoms with Crippen molar-refractivity contribution in [3.8, 4) is 17.2 Å². The van der Waals surface area contributed by atoms with Crippen LogP contribution >= 0.6 is 0 Å². The molecule has 116 valence electrons. The average Bonchev–Trinajstić information content (AvgIpc) is 2.84. The zero-order valence-corrected chi connectivity index (χ0v) is 13.0. The summed E-state index contributed by atoms with van der Waals surface area (Å²) in [7, 11) is 1.64. The molecule has 0 aromatic heterocycles. The summed E-state index contributed by atoms with van der Waals surface area (Å²) >= 11 is 0. The van der Waals surface area contributed by atoms with Crippen molar-refractivity contribution in [2.45, 2.75) is 32.5 Å². The Hall–Kier alpha value is -2.20. The summed E-state index contributed by atoms with van der Waals surface area (Å²) < 4.78 is 11.6. The minimum Gasteiger partial charge on any atom is -0.508 e. The van der Waals surface area contributed by atoms with Gasteiger partial charge in [0.15, 0.2) is 11.5 Å². The minimum absolute atomic E-state index is 0.0999. The lowest BCUT2D eigenvalue weighted by Crippen LogP contribution is -2.07. The number of aliphatic hydroxyl groups is 1. The van der Waals surface area contributed by atoms with Crippen molar-refractivity contribution in [3.63, 3.8) is 0 Å². The molecule has 3 rings (SSSR count). The third kappa shape index (κ3) is 2.29. The molecule has 0 bridgehead atoms. The van der Waals surface area contributed by atoms with Gasteiger partial charge in [0.05, 0.1) is 13.7 Å². The normalized spacial score (nSPS) is 19.6. The van der Waals surface area contributed by atoms with E-state index in [2.05, 4.69) is 13.0 Å². The molecule has 0 saturated heterocycles. The van der Waals surface area contributed by atoms with Crippen molar-refractivity contribution in [2.24, 2.45) is 0 Å². The molecule has 2 atom stereocenters. The highest BCUT2D eigenvalue weighted by atomic mass is 16.5. The summed E-state index contributed by atoms with van der Waals surface area (Å²) in [5, 5.41) is 19.0. The zero-order chi connectivity index (χ0) is 15.9. The van der Waals surface area contributed by atoms with Crippen molar-refractivity contribution in [1.29, 1.82) is 0 Å². The van der Waals surface area contributed by atoms with Crippen LogP contribution in [0.4, 0.5) is 0 Å². The van der Waals surface area contributed by atoms with Gasteiger partial charge in [-0.3, -0.25) is 0 Å². The van der Waals surface area contributed by atoms with E-state index in [0.717, 1.165) is 28.2 Å². The molecule has 1 aliphatic rings. The Morgan fingerprint density at radius 1 is 1.23 bits per heavy atom. The van der Waals surface area contributed by atoms with Crippen LogP contribution in [0, 0.1) is 6.92 Å². The maximum atomic E-state index is 9.71. The Bertz CT molecular complexity index is 708. The summed E-state index contributed by atoms with van der Waals surface area (Å²) in [5.74, 6) is 1.79. The zero-order valence-electron chi connectivity index (χ0n) is 13.0. The third-order valence-electron chi connectivity index (χ3n) is 4.24. The number of rotatable bonds is 3. The fraction of sp³-hybridized carbons (Fsp3) is 0.333. The number of ether oxygens (including phenoxy) is 2. The maximum Gasteiger partial charge on any atom is 0.165 e. The van der Waals surface area contributed by atoms with Crippen molar-refractivity contribution in [1.82, 2.24) is 0 Å². The van der Waals surface area contributed by atoms with Crippen molar-refractivity contribution in [3.05, 3.63) is 52.6 Å². The number of aryl methyl sites for hydroxylation is 1. The van der Waals surface area contributed by atoms with Crippen LogP contribution in [0.2, 0.25) is 0 Å². The van der Waals surface area contributed by atoms with Crippen LogP contribution in [0.5, 0.6) is 17.2 Å². The molecule has 4 nitrogen and oxygen atoms in total. The predicted octanol–water partition coefficient (Wildman–Crippen LogP) is 3.44. The van der Waals surface area contributed by atoms with Crippen LogP contribution in [0.1, 0.15) is 41.2 Å². The van der Waals surface area contributed by atoms with E-state index in [1.165, 1.54) is 0 Å². The second-order valence-electron chi connectivity index (χ2n) is 5.76. The molecule has 2 N–H and O–H groups in total. The number of phenols is 1. The van der Waals surface area contributed by atoms with E-state index in [9.17, 15) is 10.2 Å². The summed E-state index contributed by atoms with van der Waals surface area (Å²) in [6, 6.07) is 9.31. The highest BCUT2D eigenvalue weighted by Gasteiger charge is 2.35. The first kappa shape index (κ1) is 14.7. The van der Waals surface area contributed by atoms with Gasteiger partial charge in [0.1, 0.15) is 11.9 Å². The number of hydrogen-bond donors (Lipinski definition) is 2. The fourth-order valence-electron chi connectivity index (χ4n) is 3.04. The van der Waals surface area contributed by atoms with Crippen LogP contribution in [-0.2, 0) is 6.61 Å². The lowest BCUT2D eigenvalue weighted by atomic mass is 9.91. The van der Waals surface area contributed by atoms with Gasteiger partial charge in [0.25, 0.3) is 0 Å². The molecule has 0 radical (unpaired) electrons. The molecule has 1 aliphatic heterocycles. The van der Waals surface area contributed by atoms with Gasteiger partial charge >= 0.3 is 0 Å². The van der Waals surface area contributed by atoms with Crippen molar-refractivity contribution >= 4 is 0 Å². The van der Waals surface area contributed by atoms with E-state index in [1.54, 1.807) is 19.2 Å². The molecule has 0 fully saturated rings. The summed E-state index contributed by atoms with van der Waals surface area (Å²) in [6.45, 7) is 3.95. The molecular formula is C18H20O4. The summed E-state index contributed by atoms with van der Waals surface area (Å²) in [4.78, 5) is 0.